The van der Waals surface area contributed by atoms with Crippen LogP contribution in [0.25, 0.3) is 0 Å². The molecule has 1 fully saturated rings. The highest BCUT2D eigenvalue weighted by atomic mass is 16.6. The molecule has 12 nitrogen and oxygen atoms in total. The minimum atomic E-state index is -1.17. The Labute approximate surface area is 313 Å². The van der Waals surface area contributed by atoms with Gasteiger partial charge < -0.3 is 43.3 Å². The number of aliphatic hydroxyl groups excluding tert-OH is 1. The Balaban J connectivity index is 1.45. The van der Waals surface area contributed by atoms with E-state index in [2.05, 4.69) is 0 Å². The van der Waals surface area contributed by atoms with E-state index in [4.69, 9.17) is 28.4 Å². The Morgan fingerprint density at radius 1 is 1.02 bits per heavy atom. The van der Waals surface area contributed by atoms with Crippen molar-refractivity contribution in [1.29, 1.82) is 0 Å². The normalized spacial score (nSPS) is 18.2. The van der Waals surface area contributed by atoms with Gasteiger partial charge in [0.15, 0.2) is 6.61 Å². The van der Waals surface area contributed by atoms with Crippen molar-refractivity contribution in [2.75, 3.05) is 70.5 Å². The van der Waals surface area contributed by atoms with Crippen LogP contribution in [0.2, 0.25) is 0 Å². The van der Waals surface area contributed by atoms with Crippen LogP contribution in [0.15, 0.2) is 60.7 Å². The molecule has 3 atom stereocenters. The van der Waals surface area contributed by atoms with Crippen molar-refractivity contribution in [3.8, 4) is 23.0 Å². The third-order valence-electron chi connectivity index (χ3n) is 9.48. The van der Waals surface area contributed by atoms with Crippen molar-refractivity contribution in [2.45, 2.75) is 71.5 Å². The van der Waals surface area contributed by atoms with E-state index in [9.17, 15) is 14.7 Å². The number of benzene rings is 3. The van der Waals surface area contributed by atoms with E-state index in [0.29, 0.717) is 86.5 Å². The number of piperidine rings is 1. The Bertz CT molecular complexity index is 1670. The third kappa shape index (κ3) is 10.2. The van der Waals surface area contributed by atoms with E-state index in [1.54, 1.807) is 31.1 Å². The first-order chi connectivity index (χ1) is 25.4. The molecule has 2 amide bonds. The predicted octanol–water partition coefficient (Wildman–Crippen LogP) is 5.98. The monoisotopic (exact) mass is 733 g/mol. The van der Waals surface area contributed by atoms with Gasteiger partial charge >= 0.3 is 0 Å². The molecule has 0 radical (unpaired) electrons. The van der Waals surface area contributed by atoms with Gasteiger partial charge in [-0.3, -0.25) is 14.5 Å². The number of carbonyl (C=O) groups is 2. The fourth-order valence-corrected chi connectivity index (χ4v) is 6.93. The van der Waals surface area contributed by atoms with Gasteiger partial charge in [-0.1, -0.05) is 19.1 Å². The minimum absolute atomic E-state index is 0.0357. The molecular weight excluding hydrogens is 678 g/mol. The second-order valence-corrected chi connectivity index (χ2v) is 14.5. The van der Waals surface area contributed by atoms with Crippen LogP contribution in [-0.2, 0) is 25.7 Å². The zero-order chi connectivity index (χ0) is 38.1. The molecule has 0 aromatic heterocycles. The highest BCUT2D eigenvalue weighted by molar-refractivity contribution is 6.00. The largest absolute Gasteiger partial charge is 0.497 e. The van der Waals surface area contributed by atoms with Crippen molar-refractivity contribution in [1.82, 2.24) is 4.90 Å². The van der Waals surface area contributed by atoms with Crippen LogP contribution in [0.3, 0.4) is 0 Å². The van der Waals surface area contributed by atoms with Gasteiger partial charge in [-0.05, 0) is 99.5 Å². The zero-order valence-electron chi connectivity index (χ0n) is 32.1. The lowest BCUT2D eigenvalue weighted by molar-refractivity contribution is -0.245. The highest BCUT2D eigenvalue weighted by Crippen LogP contribution is 2.40. The molecule has 12 heteroatoms. The third-order valence-corrected chi connectivity index (χ3v) is 9.48. The number of methoxy groups -OCH3 is 3. The van der Waals surface area contributed by atoms with Gasteiger partial charge in [0.1, 0.15) is 29.6 Å². The van der Waals surface area contributed by atoms with Crippen LogP contribution < -0.4 is 28.7 Å². The fourth-order valence-electron chi connectivity index (χ4n) is 6.93. The number of fused-ring (bicyclic) bond motifs is 1. The quantitative estimate of drug-likeness (QED) is 0.139. The maximum atomic E-state index is 15.0. The topological polar surface area (TPSA) is 119 Å². The molecule has 5 rings (SSSR count). The Hall–Kier alpha value is -4.36. The van der Waals surface area contributed by atoms with Gasteiger partial charge in [0.05, 0.1) is 31.4 Å². The molecule has 0 spiro atoms. The van der Waals surface area contributed by atoms with Crippen molar-refractivity contribution in [2.24, 2.45) is 5.92 Å². The lowest BCUT2D eigenvalue weighted by Crippen LogP contribution is -2.53. The zero-order valence-corrected chi connectivity index (χ0v) is 32.1. The molecule has 2 aliphatic heterocycles. The molecule has 0 aliphatic carbocycles. The minimum Gasteiger partial charge on any atom is -0.497 e. The van der Waals surface area contributed by atoms with Gasteiger partial charge in [0.2, 0.25) is 12.3 Å². The molecule has 1 N–H and O–H groups in total. The first-order valence-corrected chi connectivity index (χ1v) is 18.4. The average molecular weight is 734 g/mol. The van der Waals surface area contributed by atoms with Crippen LogP contribution in [0, 0.1) is 5.92 Å². The van der Waals surface area contributed by atoms with Crippen molar-refractivity contribution >= 4 is 23.2 Å². The first-order valence-electron chi connectivity index (χ1n) is 18.4. The number of likely N-dealkylation sites (tertiary alicyclic amines) is 1. The van der Waals surface area contributed by atoms with Crippen molar-refractivity contribution in [3.05, 3.63) is 71.8 Å². The summed E-state index contributed by atoms with van der Waals surface area (Å²) >= 11 is 0. The smallest absolute Gasteiger partial charge is 0.265 e. The lowest BCUT2D eigenvalue weighted by Gasteiger charge is -2.42. The van der Waals surface area contributed by atoms with Crippen LogP contribution >= 0.6 is 0 Å². The average Bonchev–Trinajstić information content (AvgIpc) is 3.15. The van der Waals surface area contributed by atoms with Gasteiger partial charge in [-0.25, -0.2) is 0 Å². The van der Waals surface area contributed by atoms with Gasteiger partial charge in [0, 0.05) is 51.6 Å². The van der Waals surface area contributed by atoms with E-state index in [0.717, 1.165) is 11.1 Å². The highest BCUT2D eigenvalue weighted by Gasteiger charge is 2.41. The summed E-state index contributed by atoms with van der Waals surface area (Å²) < 4.78 is 34.1. The van der Waals surface area contributed by atoms with E-state index >= 15 is 0 Å². The fraction of sp³-hybridized carbons (Fsp3) is 0.512. The number of anilines is 2. The maximum absolute atomic E-state index is 15.0. The molecule has 2 aliphatic rings. The van der Waals surface area contributed by atoms with Crippen LogP contribution in [0.4, 0.5) is 11.4 Å². The van der Waals surface area contributed by atoms with E-state index < -0.39 is 17.9 Å². The molecular formula is C41H55N3O9. The van der Waals surface area contributed by atoms with E-state index in [1.165, 1.54) is 0 Å². The van der Waals surface area contributed by atoms with Gasteiger partial charge in [-0.2, -0.15) is 0 Å². The summed E-state index contributed by atoms with van der Waals surface area (Å²) in [5.41, 5.74) is 2.60. The van der Waals surface area contributed by atoms with Gasteiger partial charge in [0.25, 0.3) is 5.91 Å². The maximum Gasteiger partial charge on any atom is 0.265 e. The number of aliphatic hydroxyl groups is 1. The molecule has 3 aromatic rings. The summed E-state index contributed by atoms with van der Waals surface area (Å²) in [6, 6.07) is 19.1. The SMILES string of the molecule is CCCN(C(=O)[C@H]1CN(C(O)OC(C)(C)C)CC[C@@H]1c1cccc(OCc2cc(OC)cc(OC)c2)c1)c1ccc2c(c1)N(CCCOC)C(=O)CO2. The second-order valence-electron chi connectivity index (χ2n) is 14.5. The van der Waals surface area contributed by atoms with Crippen LogP contribution in [-0.4, -0.2) is 94.6 Å². The van der Waals surface area contributed by atoms with Gasteiger partial charge in [-0.15, -0.1) is 0 Å². The lowest BCUT2D eigenvalue weighted by atomic mass is 9.79. The summed E-state index contributed by atoms with van der Waals surface area (Å²) in [4.78, 5) is 33.3. The number of ether oxygens (including phenoxy) is 6. The molecule has 2 heterocycles. The number of nitrogens with zero attached hydrogens (tertiary/aromatic N) is 3. The standard InChI is InChI=1S/C41H55N3O9/c1-8-16-43(30-13-14-37-36(23-30)44(17-10-19-48-5)38(45)27-52-37)39(46)35-25-42(40(47)53-41(2,3)4)18-15-34(35)29-11-9-12-31(22-29)51-26-28-20-32(49-6)24-33(21-28)50-7/h9,11-14,20-24,34-35,40,47H,8,10,15-19,25-27H2,1-7H3/t34-,35+,40?/m1/s1. The van der Waals surface area contributed by atoms with Crippen molar-refractivity contribution < 1.29 is 43.1 Å². The Morgan fingerprint density at radius 2 is 1.77 bits per heavy atom. The number of carbonyl (C=O) groups excluding carboxylic acids is 2. The molecule has 1 unspecified atom stereocenters. The Kier molecular flexibility index (Phi) is 13.6. The predicted molar refractivity (Wildman–Crippen MR) is 203 cm³/mol. The summed E-state index contributed by atoms with van der Waals surface area (Å²) in [6.07, 6.45) is 0.814. The summed E-state index contributed by atoms with van der Waals surface area (Å²) in [5.74, 6) is 1.71. The van der Waals surface area contributed by atoms with Crippen LogP contribution in [0.5, 0.6) is 23.0 Å². The molecule has 3 aromatic carbocycles. The number of rotatable bonds is 16. The number of hydrogen-bond acceptors (Lipinski definition) is 10. The van der Waals surface area contributed by atoms with E-state index in [-0.39, 0.29) is 30.9 Å². The molecule has 1 saturated heterocycles. The van der Waals surface area contributed by atoms with Crippen LogP contribution in [0.1, 0.15) is 64.0 Å². The molecule has 0 saturated carbocycles. The second kappa shape index (κ2) is 18.1. The molecule has 288 valence electrons. The summed E-state index contributed by atoms with van der Waals surface area (Å²) in [5, 5.41) is 11.2. The van der Waals surface area contributed by atoms with Crippen molar-refractivity contribution in [3.63, 3.8) is 0 Å². The first kappa shape index (κ1) is 39.8. The summed E-state index contributed by atoms with van der Waals surface area (Å²) in [7, 11) is 4.86. The van der Waals surface area contributed by atoms with E-state index in [1.807, 2.05) is 93.3 Å². The number of amides is 2. The summed E-state index contributed by atoms with van der Waals surface area (Å²) in [6.45, 7) is 10.3. The Morgan fingerprint density at radius 3 is 2.45 bits per heavy atom. The number of hydrogen-bond donors (Lipinski definition) is 1. The molecule has 0 bridgehead atoms. The molecule has 53 heavy (non-hydrogen) atoms.